The number of nitrogens with one attached hydrogen (secondary N) is 1. The van der Waals surface area contributed by atoms with Crippen LogP contribution in [0.15, 0.2) is 91.3 Å². The standard InChI is InChI=1S/C25H21N3O2/c1-18-8-5-6-11-21(18)16-26-25(29)20-12-7-13-22(14-20)30-24-15-23(27-17-28-24)19-9-3-2-4-10-19/h2-15,17H,16H2,1H3,(H,26,29). The fraction of sp³-hybridized carbons (Fsp3) is 0.0800. The zero-order chi connectivity index (χ0) is 20.8. The van der Waals surface area contributed by atoms with Gasteiger partial charge in [-0.3, -0.25) is 4.79 Å². The summed E-state index contributed by atoms with van der Waals surface area (Å²) >= 11 is 0. The first-order valence-corrected chi connectivity index (χ1v) is 9.67. The zero-order valence-electron chi connectivity index (χ0n) is 16.6. The second-order valence-corrected chi connectivity index (χ2v) is 6.85. The summed E-state index contributed by atoms with van der Waals surface area (Å²) in [6.07, 6.45) is 1.47. The molecule has 0 unspecified atom stereocenters. The molecule has 1 aromatic heterocycles. The molecule has 148 valence electrons. The number of rotatable bonds is 6. The van der Waals surface area contributed by atoms with Gasteiger partial charge in [-0.15, -0.1) is 0 Å². The first kappa shape index (κ1) is 19.3. The van der Waals surface area contributed by atoms with E-state index in [4.69, 9.17) is 4.74 Å². The summed E-state index contributed by atoms with van der Waals surface area (Å²) in [4.78, 5) is 21.1. The van der Waals surface area contributed by atoms with Crippen LogP contribution in [-0.2, 0) is 6.54 Å². The van der Waals surface area contributed by atoms with Crippen LogP contribution in [0.1, 0.15) is 21.5 Å². The van der Waals surface area contributed by atoms with E-state index < -0.39 is 0 Å². The van der Waals surface area contributed by atoms with Gasteiger partial charge < -0.3 is 10.1 Å². The lowest BCUT2D eigenvalue weighted by atomic mass is 10.1. The van der Waals surface area contributed by atoms with E-state index in [1.54, 1.807) is 30.3 Å². The van der Waals surface area contributed by atoms with Crippen LogP contribution in [0.4, 0.5) is 0 Å². The monoisotopic (exact) mass is 395 g/mol. The molecule has 1 amide bonds. The summed E-state index contributed by atoms with van der Waals surface area (Å²) in [5.74, 6) is 0.800. The molecule has 1 heterocycles. The Balaban J connectivity index is 1.46. The Kier molecular flexibility index (Phi) is 5.80. The summed E-state index contributed by atoms with van der Waals surface area (Å²) in [7, 11) is 0. The number of nitrogens with zero attached hydrogens (tertiary/aromatic N) is 2. The quantitative estimate of drug-likeness (QED) is 0.489. The average molecular weight is 395 g/mol. The maximum absolute atomic E-state index is 12.6. The third kappa shape index (κ3) is 4.70. The van der Waals surface area contributed by atoms with Crippen molar-refractivity contribution in [1.82, 2.24) is 15.3 Å². The molecule has 30 heavy (non-hydrogen) atoms. The normalized spacial score (nSPS) is 10.4. The third-order valence-electron chi connectivity index (χ3n) is 4.73. The van der Waals surface area contributed by atoms with Crippen LogP contribution in [0, 0.1) is 6.92 Å². The van der Waals surface area contributed by atoms with Crippen LogP contribution in [0.3, 0.4) is 0 Å². The molecular weight excluding hydrogens is 374 g/mol. The van der Waals surface area contributed by atoms with E-state index in [1.165, 1.54) is 6.33 Å². The lowest BCUT2D eigenvalue weighted by Gasteiger charge is -2.10. The van der Waals surface area contributed by atoms with Crippen LogP contribution < -0.4 is 10.1 Å². The van der Waals surface area contributed by atoms with Gasteiger partial charge in [0.15, 0.2) is 0 Å². The van der Waals surface area contributed by atoms with Crippen LogP contribution in [0.2, 0.25) is 0 Å². The third-order valence-corrected chi connectivity index (χ3v) is 4.73. The minimum atomic E-state index is -0.156. The van der Waals surface area contributed by atoms with Crippen molar-refractivity contribution in [3.05, 3.63) is 108 Å². The van der Waals surface area contributed by atoms with Crippen LogP contribution in [0.25, 0.3) is 11.3 Å². The molecule has 4 rings (SSSR count). The summed E-state index contributed by atoms with van der Waals surface area (Å²) in [5.41, 5.74) is 4.51. The van der Waals surface area contributed by atoms with E-state index in [0.29, 0.717) is 23.7 Å². The van der Waals surface area contributed by atoms with Crippen molar-refractivity contribution in [3.63, 3.8) is 0 Å². The van der Waals surface area contributed by atoms with E-state index in [-0.39, 0.29) is 5.91 Å². The van der Waals surface area contributed by atoms with Gasteiger partial charge in [-0.05, 0) is 36.2 Å². The molecule has 4 aromatic rings. The van der Waals surface area contributed by atoms with E-state index in [0.717, 1.165) is 22.4 Å². The van der Waals surface area contributed by atoms with Gasteiger partial charge in [-0.25, -0.2) is 9.97 Å². The van der Waals surface area contributed by atoms with Gasteiger partial charge in [0.1, 0.15) is 12.1 Å². The van der Waals surface area contributed by atoms with Gasteiger partial charge in [-0.1, -0.05) is 60.7 Å². The number of hydrogen-bond acceptors (Lipinski definition) is 4. The van der Waals surface area contributed by atoms with Crippen molar-refractivity contribution in [2.24, 2.45) is 0 Å². The molecule has 0 spiro atoms. The highest BCUT2D eigenvalue weighted by Gasteiger charge is 2.09. The number of ether oxygens (including phenoxy) is 1. The Morgan fingerprint density at radius 1 is 0.900 bits per heavy atom. The average Bonchev–Trinajstić information content (AvgIpc) is 2.79. The predicted molar refractivity (Wildman–Crippen MR) is 116 cm³/mol. The number of carbonyl (C=O) groups excluding carboxylic acids is 1. The van der Waals surface area contributed by atoms with E-state index in [9.17, 15) is 4.79 Å². The number of amides is 1. The van der Waals surface area contributed by atoms with E-state index in [1.807, 2.05) is 61.5 Å². The topological polar surface area (TPSA) is 64.1 Å². The number of benzene rings is 3. The smallest absolute Gasteiger partial charge is 0.251 e. The van der Waals surface area contributed by atoms with Crippen LogP contribution in [0.5, 0.6) is 11.6 Å². The maximum Gasteiger partial charge on any atom is 0.251 e. The summed E-state index contributed by atoms with van der Waals surface area (Å²) in [5, 5.41) is 2.96. The number of aryl methyl sites for hydroxylation is 1. The van der Waals surface area contributed by atoms with Crippen molar-refractivity contribution >= 4 is 5.91 Å². The number of aromatic nitrogens is 2. The molecule has 5 nitrogen and oxygen atoms in total. The van der Waals surface area contributed by atoms with Gasteiger partial charge >= 0.3 is 0 Å². The molecule has 0 fully saturated rings. The zero-order valence-corrected chi connectivity index (χ0v) is 16.6. The first-order chi connectivity index (χ1) is 14.7. The molecule has 0 atom stereocenters. The van der Waals surface area contributed by atoms with Crippen molar-refractivity contribution in [3.8, 4) is 22.9 Å². The van der Waals surface area contributed by atoms with Crippen molar-refractivity contribution in [2.75, 3.05) is 0 Å². The van der Waals surface area contributed by atoms with Gasteiger partial charge in [-0.2, -0.15) is 0 Å². The van der Waals surface area contributed by atoms with Gasteiger partial charge in [0.25, 0.3) is 5.91 Å². The van der Waals surface area contributed by atoms with Gasteiger partial charge in [0.2, 0.25) is 5.88 Å². The molecule has 0 aliphatic carbocycles. The lowest BCUT2D eigenvalue weighted by molar-refractivity contribution is 0.0950. The molecular formula is C25H21N3O2. The fourth-order valence-electron chi connectivity index (χ4n) is 3.07. The largest absolute Gasteiger partial charge is 0.439 e. The minimum absolute atomic E-state index is 0.156. The van der Waals surface area contributed by atoms with Crippen molar-refractivity contribution in [1.29, 1.82) is 0 Å². The Hall–Kier alpha value is -3.99. The van der Waals surface area contributed by atoms with Crippen molar-refractivity contribution in [2.45, 2.75) is 13.5 Å². The second kappa shape index (κ2) is 9.01. The van der Waals surface area contributed by atoms with E-state index >= 15 is 0 Å². The second-order valence-electron chi connectivity index (χ2n) is 6.85. The van der Waals surface area contributed by atoms with Crippen LogP contribution >= 0.6 is 0 Å². The number of hydrogen-bond donors (Lipinski definition) is 1. The SMILES string of the molecule is Cc1ccccc1CNC(=O)c1cccc(Oc2cc(-c3ccccc3)ncn2)c1. The Labute approximate surface area is 175 Å². The molecule has 0 saturated heterocycles. The molecule has 0 saturated carbocycles. The molecule has 0 radical (unpaired) electrons. The summed E-state index contributed by atoms with van der Waals surface area (Å²) in [6, 6.07) is 26.6. The van der Waals surface area contributed by atoms with Crippen LogP contribution in [-0.4, -0.2) is 15.9 Å². The Morgan fingerprint density at radius 2 is 1.70 bits per heavy atom. The number of carbonyl (C=O) groups is 1. The molecule has 0 aliphatic heterocycles. The van der Waals surface area contributed by atoms with Gasteiger partial charge in [0.05, 0.1) is 5.69 Å². The first-order valence-electron chi connectivity index (χ1n) is 9.67. The van der Waals surface area contributed by atoms with E-state index in [2.05, 4.69) is 15.3 Å². The minimum Gasteiger partial charge on any atom is -0.439 e. The molecule has 1 N–H and O–H groups in total. The fourth-order valence-corrected chi connectivity index (χ4v) is 3.07. The molecule has 0 bridgehead atoms. The molecule has 3 aromatic carbocycles. The highest BCUT2D eigenvalue weighted by atomic mass is 16.5. The summed E-state index contributed by atoms with van der Waals surface area (Å²) in [6.45, 7) is 2.50. The summed E-state index contributed by atoms with van der Waals surface area (Å²) < 4.78 is 5.88. The van der Waals surface area contributed by atoms with Gasteiger partial charge in [0, 0.05) is 23.7 Å². The molecule has 5 heteroatoms. The Bertz CT molecular complexity index is 1160. The Morgan fingerprint density at radius 3 is 2.53 bits per heavy atom. The lowest BCUT2D eigenvalue weighted by Crippen LogP contribution is -2.23. The van der Waals surface area contributed by atoms with Crippen molar-refractivity contribution < 1.29 is 9.53 Å². The highest BCUT2D eigenvalue weighted by Crippen LogP contribution is 2.24. The maximum atomic E-state index is 12.6. The highest BCUT2D eigenvalue weighted by molar-refractivity contribution is 5.94. The molecule has 0 aliphatic rings. The predicted octanol–water partition coefficient (Wildman–Crippen LogP) is 5.17.